The van der Waals surface area contributed by atoms with Gasteiger partial charge in [-0.15, -0.1) is 0 Å². The second-order valence-electron chi connectivity index (χ2n) is 9.37. The second-order valence-corrected chi connectivity index (χ2v) is 9.37. The molecule has 1 saturated carbocycles. The van der Waals surface area contributed by atoms with Crippen LogP contribution in [0.3, 0.4) is 0 Å². The SMILES string of the molecule is O=C1C2=CC=CCC=C2C(c2ccc(F)cc2)N1CC1=CC=C([N+](=O)[O-])CC=C1.OCC1(CO)CC1. The lowest BCUT2D eigenvalue weighted by Gasteiger charge is -2.26. The van der Waals surface area contributed by atoms with Gasteiger partial charge in [0.1, 0.15) is 5.82 Å². The summed E-state index contributed by atoms with van der Waals surface area (Å²) >= 11 is 0. The Labute approximate surface area is 209 Å². The zero-order valence-corrected chi connectivity index (χ0v) is 19.8. The maximum absolute atomic E-state index is 13.5. The predicted molar refractivity (Wildman–Crippen MR) is 134 cm³/mol. The van der Waals surface area contributed by atoms with Crippen LogP contribution in [-0.2, 0) is 4.79 Å². The van der Waals surface area contributed by atoms with Crippen LogP contribution in [0.2, 0.25) is 0 Å². The minimum absolute atomic E-state index is 0.0556. The molecule has 1 aromatic carbocycles. The Balaban J connectivity index is 0.000000375. The van der Waals surface area contributed by atoms with Crippen LogP contribution in [0.1, 0.15) is 37.3 Å². The number of carbonyl (C=O) groups is 1. The third kappa shape index (κ3) is 5.61. The number of halogens is 1. The Morgan fingerprint density at radius 1 is 1.08 bits per heavy atom. The quantitative estimate of drug-likeness (QED) is 0.455. The van der Waals surface area contributed by atoms with Gasteiger partial charge in [0, 0.05) is 23.6 Å². The monoisotopic (exact) mass is 492 g/mol. The van der Waals surface area contributed by atoms with E-state index in [0.29, 0.717) is 18.5 Å². The molecular weight excluding hydrogens is 463 g/mol. The van der Waals surface area contributed by atoms with Crippen molar-refractivity contribution in [2.45, 2.75) is 31.7 Å². The number of aliphatic hydroxyl groups excluding tert-OH is 2. The number of amides is 1. The Bertz CT molecular complexity index is 1200. The lowest BCUT2D eigenvalue weighted by Crippen LogP contribution is -2.30. The molecule has 1 aliphatic heterocycles. The minimum Gasteiger partial charge on any atom is -0.396 e. The van der Waals surface area contributed by atoms with Crippen molar-refractivity contribution in [2.24, 2.45) is 5.41 Å². The maximum Gasteiger partial charge on any atom is 0.255 e. The molecule has 1 aromatic rings. The largest absolute Gasteiger partial charge is 0.396 e. The summed E-state index contributed by atoms with van der Waals surface area (Å²) in [5.74, 6) is -0.432. The van der Waals surface area contributed by atoms with Crippen molar-refractivity contribution in [1.29, 1.82) is 0 Å². The van der Waals surface area contributed by atoms with Crippen molar-refractivity contribution in [3.8, 4) is 0 Å². The molecule has 0 radical (unpaired) electrons. The van der Waals surface area contributed by atoms with E-state index in [1.807, 2.05) is 30.4 Å². The molecular formula is C28H29FN2O5. The van der Waals surface area contributed by atoms with Crippen molar-refractivity contribution >= 4 is 5.91 Å². The van der Waals surface area contributed by atoms with Crippen LogP contribution in [-0.4, -0.2) is 45.7 Å². The molecule has 1 saturated heterocycles. The molecule has 0 bridgehead atoms. The zero-order valence-electron chi connectivity index (χ0n) is 19.8. The molecule has 7 nitrogen and oxygen atoms in total. The van der Waals surface area contributed by atoms with E-state index in [0.717, 1.165) is 29.6 Å². The number of allylic oxidation sites excluding steroid dienone is 7. The summed E-state index contributed by atoms with van der Waals surface area (Å²) in [6.07, 6.45) is 17.4. The van der Waals surface area contributed by atoms with Crippen LogP contribution in [0, 0.1) is 21.3 Å². The number of aliphatic hydroxyl groups is 2. The molecule has 8 heteroatoms. The molecule has 2 fully saturated rings. The van der Waals surface area contributed by atoms with Crippen molar-refractivity contribution in [1.82, 2.24) is 4.90 Å². The van der Waals surface area contributed by atoms with Crippen molar-refractivity contribution in [2.75, 3.05) is 19.8 Å². The van der Waals surface area contributed by atoms with E-state index >= 15 is 0 Å². The van der Waals surface area contributed by atoms with Crippen LogP contribution >= 0.6 is 0 Å². The summed E-state index contributed by atoms with van der Waals surface area (Å²) in [5, 5.41) is 28.0. The fraction of sp³-hybridized carbons (Fsp3) is 0.321. The fourth-order valence-corrected chi connectivity index (χ4v) is 4.34. The lowest BCUT2D eigenvalue weighted by molar-refractivity contribution is -0.426. The molecule has 1 atom stereocenters. The van der Waals surface area contributed by atoms with E-state index in [4.69, 9.17) is 10.2 Å². The average molecular weight is 493 g/mol. The number of nitro groups is 1. The number of fused-ring (bicyclic) bond motifs is 1. The van der Waals surface area contributed by atoms with Crippen molar-refractivity contribution in [3.05, 3.63) is 117 Å². The van der Waals surface area contributed by atoms with Crippen molar-refractivity contribution in [3.63, 3.8) is 0 Å². The second kappa shape index (κ2) is 11.0. The highest BCUT2D eigenvalue weighted by Gasteiger charge is 2.41. The number of hydrogen-bond acceptors (Lipinski definition) is 5. The van der Waals surface area contributed by atoms with Crippen LogP contribution in [0.25, 0.3) is 0 Å². The molecule has 4 aliphatic rings. The van der Waals surface area contributed by atoms with Crippen molar-refractivity contribution < 1.29 is 24.3 Å². The standard InChI is InChI=1S/C23H19FN2O3.C5H10O2/c24-18-12-10-17(11-13-18)22-20-7-2-1-3-8-21(20)23(27)25(22)15-16-5-4-6-19(14-9-16)26(28)29;6-3-5(4-7)1-2-5/h1,3-5,7-14,22H,2,6,15H2;6-7H,1-4H2. The summed E-state index contributed by atoms with van der Waals surface area (Å²) in [5.41, 5.74) is 3.23. The van der Waals surface area contributed by atoms with Crippen LogP contribution in [0.5, 0.6) is 0 Å². The van der Waals surface area contributed by atoms with E-state index in [-0.39, 0.29) is 48.5 Å². The van der Waals surface area contributed by atoms with Gasteiger partial charge in [0.05, 0.1) is 30.6 Å². The normalized spacial score (nSPS) is 21.7. The molecule has 5 rings (SSSR count). The number of nitrogens with zero attached hydrogens (tertiary/aromatic N) is 2. The Kier molecular flexibility index (Phi) is 7.76. The van der Waals surface area contributed by atoms with E-state index in [2.05, 4.69) is 0 Å². The summed E-state index contributed by atoms with van der Waals surface area (Å²) < 4.78 is 13.5. The molecule has 36 heavy (non-hydrogen) atoms. The van der Waals surface area contributed by atoms with Gasteiger partial charge in [-0.3, -0.25) is 14.9 Å². The lowest BCUT2D eigenvalue weighted by atomic mass is 9.96. The van der Waals surface area contributed by atoms with Gasteiger partial charge in [-0.25, -0.2) is 4.39 Å². The zero-order chi connectivity index (χ0) is 25.7. The molecule has 1 unspecified atom stereocenters. The first-order valence-electron chi connectivity index (χ1n) is 11.9. The number of rotatable bonds is 6. The van der Waals surface area contributed by atoms with E-state index < -0.39 is 4.92 Å². The van der Waals surface area contributed by atoms with Gasteiger partial charge in [-0.05, 0) is 54.2 Å². The highest BCUT2D eigenvalue weighted by Crippen LogP contribution is 2.44. The van der Waals surface area contributed by atoms with Gasteiger partial charge >= 0.3 is 0 Å². The molecule has 1 amide bonds. The van der Waals surface area contributed by atoms with Crippen LogP contribution < -0.4 is 0 Å². The maximum atomic E-state index is 13.5. The minimum atomic E-state index is -0.397. The Morgan fingerprint density at radius 2 is 1.81 bits per heavy atom. The molecule has 2 N–H and O–H groups in total. The van der Waals surface area contributed by atoms with E-state index in [1.165, 1.54) is 18.2 Å². The number of benzene rings is 1. The van der Waals surface area contributed by atoms with Gasteiger partial charge in [0.15, 0.2) is 0 Å². The summed E-state index contributed by atoms with van der Waals surface area (Å²) in [6, 6.07) is 5.86. The van der Waals surface area contributed by atoms with Gasteiger partial charge in [0.25, 0.3) is 5.91 Å². The third-order valence-electron chi connectivity index (χ3n) is 6.83. The van der Waals surface area contributed by atoms with Crippen LogP contribution in [0.4, 0.5) is 4.39 Å². The molecule has 1 heterocycles. The number of likely N-dealkylation sites (tertiary alicyclic amines) is 1. The fourth-order valence-electron chi connectivity index (χ4n) is 4.34. The van der Waals surface area contributed by atoms with Gasteiger partial charge in [-0.2, -0.15) is 0 Å². The predicted octanol–water partition coefficient (Wildman–Crippen LogP) is 4.32. The first-order chi connectivity index (χ1) is 17.4. The summed E-state index contributed by atoms with van der Waals surface area (Å²) in [7, 11) is 0. The first kappa shape index (κ1) is 25.5. The number of hydrogen-bond donors (Lipinski definition) is 2. The Hall–Kier alpha value is -3.62. The molecule has 3 aliphatic carbocycles. The third-order valence-corrected chi connectivity index (χ3v) is 6.83. The highest BCUT2D eigenvalue weighted by atomic mass is 19.1. The first-order valence-corrected chi connectivity index (χ1v) is 11.9. The summed E-state index contributed by atoms with van der Waals surface area (Å²) in [4.78, 5) is 25.6. The van der Waals surface area contributed by atoms with E-state index in [1.54, 1.807) is 29.2 Å². The molecule has 0 spiro atoms. The average Bonchev–Trinajstić information content (AvgIpc) is 3.69. The van der Waals surface area contributed by atoms with E-state index in [9.17, 15) is 19.3 Å². The van der Waals surface area contributed by atoms with Gasteiger partial charge < -0.3 is 15.1 Å². The van der Waals surface area contributed by atoms with Crippen LogP contribution in [0.15, 0.2) is 95.3 Å². The Morgan fingerprint density at radius 3 is 2.42 bits per heavy atom. The molecule has 188 valence electrons. The highest BCUT2D eigenvalue weighted by molar-refractivity contribution is 6.03. The number of carbonyl (C=O) groups excluding carboxylic acids is 1. The van der Waals surface area contributed by atoms with Gasteiger partial charge in [0.2, 0.25) is 5.70 Å². The summed E-state index contributed by atoms with van der Waals surface area (Å²) in [6.45, 7) is 0.615. The smallest absolute Gasteiger partial charge is 0.255 e. The molecule has 0 aromatic heterocycles. The topological polar surface area (TPSA) is 104 Å². The van der Waals surface area contributed by atoms with Gasteiger partial charge in [-0.1, -0.05) is 48.6 Å².